The topological polar surface area (TPSA) is 9.23 Å². The van der Waals surface area contributed by atoms with E-state index in [0.29, 0.717) is 0 Å². The van der Waals surface area contributed by atoms with E-state index in [1.807, 2.05) is 6.07 Å². The fourth-order valence-corrected chi connectivity index (χ4v) is 2.38. The van der Waals surface area contributed by atoms with E-state index in [2.05, 4.69) is 55.7 Å². The van der Waals surface area contributed by atoms with Gasteiger partial charge in [0, 0.05) is 6.42 Å². The molecule has 1 nitrogen and oxygen atoms in total. The number of hydrogen-bond acceptors (Lipinski definition) is 1. The van der Waals surface area contributed by atoms with E-state index < -0.39 is 0 Å². The van der Waals surface area contributed by atoms with Gasteiger partial charge in [0.1, 0.15) is 11.5 Å². The number of ether oxygens (including phenoxy) is 1. The minimum Gasteiger partial charge on any atom is -0.462 e. The second kappa shape index (κ2) is 4.77. The number of benzene rings is 1. The van der Waals surface area contributed by atoms with Crippen LogP contribution in [-0.2, 0) is 4.74 Å². The molecular weight excluding hydrogens is 232 g/mol. The van der Waals surface area contributed by atoms with Crippen molar-refractivity contribution in [3.63, 3.8) is 0 Å². The van der Waals surface area contributed by atoms with E-state index in [4.69, 9.17) is 4.74 Å². The Labute approximate surface area is 113 Å². The highest BCUT2D eigenvalue weighted by Crippen LogP contribution is 2.34. The summed E-state index contributed by atoms with van der Waals surface area (Å²) in [5.41, 5.74) is 4.89. The van der Waals surface area contributed by atoms with Gasteiger partial charge in [-0.1, -0.05) is 55.6 Å². The van der Waals surface area contributed by atoms with E-state index >= 15 is 0 Å². The maximum atomic E-state index is 5.58. The van der Waals surface area contributed by atoms with Gasteiger partial charge in [0.2, 0.25) is 0 Å². The summed E-state index contributed by atoms with van der Waals surface area (Å²) < 4.78 is 5.58. The van der Waals surface area contributed by atoms with Crippen molar-refractivity contribution >= 4 is 5.57 Å². The summed E-state index contributed by atoms with van der Waals surface area (Å²) in [6, 6.07) is 10.5. The molecule has 0 spiro atoms. The standard InChI is InChI=1S/C18H16O/c1-13-10-14(2)19-18(13)12-15-8-9-17(11-15)16-6-4-3-5-7-16/h3-9,12H,1-2,10-11H2. The highest BCUT2D eigenvalue weighted by molar-refractivity contribution is 5.73. The van der Waals surface area contributed by atoms with E-state index in [9.17, 15) is 0 Å². The average molecular weight is 248 g/mol. The van der Waals surface area contributed by atoms with E-state index in [1.54, 1.807) is 0 Å². The van der Waals surface area contributed by atoms with Crippen molar-refractivity contribution < 1.29 is 4.74 Å². The third-order valence-electron chi connectivity index (χ3n) is 3.37. The van der Waals surface area contributed by atoms with Gasteiger partial charge in [0.15, 0.2) is 0 Å². The molecule has 1 aromatic rings. The summed E-state index contributed by atoms with van der Waals surface area (Å²) in [5.74, 6) is 1.64. The molecule has 19 heavy (non-hydrogen) atoms. The van der Waals surface area contributed by atoms with Gasteiger partial charge in [0.25, 0.3) is 0 Å². The van der Waals surface area contributed by atoms with Crippen LogP contribution in [0.1, 0.15) is 18.4 Å². The van der Waals surface area contributed by atoms with Gasteiger partial charge >= 0.3 is 0 Å². The third-order valence-corrected chi connectivity index (χ3v) is 3.37. The molecule has 0 saturated carbocycles. The van der Waals surface area contributed by atoms with Gasteiger partial charge < -0.3 is 4.74 Å². The third kappa shape index (κ3) is 2.45. The van der Waals surface area contributed by atoms with E-state index in [1.165, 1.54) is 16.7 Å². The van der Waals surface area contributed by atoms with Crippen molar-refractivity contribution in [2.24, 2.45) is 0 Å². The molecule has 1 aliphatic heterocycles. The predicted octanol–water partition coefficient (Wildman–Crippen LogP) is 4.77. The molecule has 0 amide bonds. The summed E-state index contributed by atoms with van der Waals surface area (Å²) in [5, 5.41) is 0. The summed E-state index contributed by atoms with van der Waals surface area (Å²) in [6.07, 6.45) is 8.09. The SMILES string of the molecule is C=C1CC(=C)C(=CC2=CC=C(c3ccccc3)C2)O1. The Morgan fingerprint density at radius 2 is 1.79 bits per heavy atom. The molecule has 0 N–H and O–H groups in total. The molecule has 3 rings (SSSR count). The monoisotopic (exact) mass is 248 g/mol. The Hall–Kier alpha value is -2.28. The normalized spacial score (nSPS) is 20.5. The molecule has 1 aliphatic carbocycles. The fraction of sp³-hybridized carbons (Fsp3) is 0.111. The van der Waals surface area contributed by atoms with Crippen LogP contribution >= 0.6 is 0 Å². The van der Waals surface area contributed by atoms with Crippen LogP contribution in [0.3, 0.4) is 0 Å². The average Bonchev–Trinajstić information content (AvgIpc) is 2.99. The van der Waals surface area contributed by atoms with Gasteiger partial charge in [-0.15, -0.1) is 0 Å². The zero-order valence-electron chi connectivity index (χ0n) is 10.9. The first-order chi connectivity index (χ1) is 9.22. The minimum atomic E-state index is 0.748. The van der Waals surface area contributed by atoms with E-state index in [-0.39, 0.29) is 0 Å². The lowest BCUT2D eigenvalue weighted by Crippen LogP contribution is -1.85. The lowest BCUT2D eigenvalue weighted by atomic mass is 10.0. The second-order valence-corrected chi connectivity index (χ2v) is 4.91. The van der Waals surface area contributed by atoms with Gasteiger partial charge in [0.05, 0.1) is 0 Å². The van der Waals surface area contributed by atoms with Gasteiger partial charge in [-0.3, -0.25) is 0 Å². The fourth-order valence-electron chi connectivity index (χ4n) is 2.38. The lowest BCUT2D eigenvalue weighted by molar-refractivity contribution is 0.347. The predicted molar refractivity (Wildman–Crippen MR) is 79.2 cm³/mol. The zero-order valence-corrected chi connectivity index (χ0v) is 10.9. The van der Waals surface area contributed by atoms with Crippen LogP contribution in [0.2, 0.25) is 0 Å². The van der Waals surface area contributed by atoms with Crippen molar-refractivity contribution in [2.75, 3.05) is 0 Å². The Bertz CT molecular complexity index is 627. The lowest BCUT2D eigenvalue weighted by Gasteiger charge is -2.04. The van der Waals surface area contributed by atoms with Crippen LogP contribution in [-0.4, -0.2) is 0 Å². The Morgan fingerprint density at radius 1 is 1.00 bits per heavy atom. The molecular formula is C18H16O. The summed E-state index contributed by atoms with van der Waals surface area (Å²) >= 11 is 0. The van der Waals surface area contributed by atoms with Gasteiger partial charge in [-0.05, 0) is 34.8 Å². The first-order valence-electron chi connectivity index (χ1n) is 6.43. The second-order valence-electron chi connectivity index (χ2n) is 4.91. The van der Waals surface area contributed by atoms with Crippen LogP contribution in [0.15, 0.2) is 84.4 Å². The molecule has 0 atom stereocenters. The summed E-state index contributed by atoms with van der Waals surface area (Å²) in [4.78, 5) is 0. The van der Waals surface area contributed by atoms with Crippen molar-refractivity contribution in [2.45, 2.75) is 12.8 Å². The molecule has 2 aliphatic rings. The molecule has 1 saturated heterocycles. The molecule has 1 heterocycles. The smallest absolute Gasteiger partial charge is 0.130 e. The van der Waals surface area contributed by atoms with Crippen LogP contribution < -0.4 is 0 Å². The maximum absolute atomic E-state index is 5.58. The number of hydrogen-bond donors (Lipinski definition) is 0. The molecule has 0 bridgehead atoms. The van der Waals surface area contributed by atoms with Crippen molar-refractivity contribution in [3.05, 3.63) is 89.9 Å². The molecule has 1 fully saturated rings. The van der Waals surface area contributed by atoms with Crippen LogP contribution in [0.4, 0.5) is 0 Å². The quantitative estimate of drug-likeness (QED) is 0.732. The molecule has 0 aromatic heterocycles. The zero-order chi connectivity index (χ0) is 13.2. The largest absolute Gasteiger partial charge is 0.462 e. The Kier molecular flexibility index (Phi) is 2.96. The Morgan fingerprint density at radius 3 is 2.47 bits per heavy atom. The maximum Gasteiger partial charge on any atom is 0.130 e. The molecule has 0 radical (unpaired) electrons. The number of rotatable bonds is 2. The number of allylic oxidation sites excluding steroid dienone is 7. The van der Waals surface area contributed by atoms with Gasteiger partial charge in [-0.25, -0.2) is 0 Å². The summed E-state index contributed by atoms with van der Waals surface area (Å²) in [6.45, 7) is 7.84. The first-order valence-corrected chi connectivity index (χ1v) is 6.43. The van der Waals surface area contributed by atoms with E-state index in [0.717, 1.165) is 29.9 Å². The van der Waals surface area contributed by atoms with Crippen molar-refractivity contribution in [1.29, 1.82) is 0 Å². The highest BCUT2D eigenvalue weighted by atomic mass is 16.5. The highest BCUT2D eigenvalue weighted by Gasteiger charge is 2.18. The van der Waals surface area contributed by atoms with Crippen molar-refractivity contribution in [3.8, 4) is 0 Å². The van der Waals surface area contributed by atoms with Crippen LogP contribution in [0.25, 0.3) is 5.57 Å². The Balaban J connectivity index is 1.74. The first kappa shape index (κ1) is 11.8. The summed E-state index contributed by atoms with van der Waals surface area (Å²) in [7, 11) is 0. The minimum absolute atomic E-state index is 0.748. The molecule has 94 valence electrons. The molecule has 1 aromatic carbocycles. The molecule has 0 unspecified atom stereocenters. The van der Waals surface area contributed by atoms with Crippen LogP contribution in [0.5, 0.6) is 0 Å². The molecule has 1 heteroatoms. The van der Waals surface area contributed by atoms with Gasteiger partial charge in [-0.2, -0.15) is 0 Å². The van der Waals surface area contributed by atoms with Crippen LogP contribution in [0, 0.1) is 0 Å². The van der Waals surface area contributed by atoms with Crippen molar-refractivity contribution in [1.82, 2.24) is 0 Å².